The molecule has 0 heterocycles. The summed E-state index contributed by atoms with van der Waals surface area (Å²) in [6, 6.07) is 4.79. The van der Waals surface area contributed by atoms with E-state index in [2.05, 4.69) is 55.7 Å². The van der Waals surface area contributed by atoms with Gasteiger partial charge in [-0.2, -0.15) is 0 Å². The predicted octanol–water partition coefficient (Wildman–Crippen LogP) is 7.39. The van der Waals surface area contributed by atoms with E-state index < -0.39 is 0 Å². The Morgan fingerprint density at radius 3 is 2.38 bits per heavy atom. The molecule has 0 bridgehead atoms. The molecule has 0 aliphatic carbocycles. The first kappa shape index (κ1) is 25.6. The van der Waals surface area contributed by atoms with Crippen LogP contribution in [0.5, 0.6) is 0 Å². The van der Waals surface area contributed by atoms with Crippen LogP contribution in [-0.2, 0) is 21.1 Å². The van der Waals surface area contributed by atoms with Crippen molar-refractivity contribution in [2.75, 3.05) is 19.7 Å². The van der Waals surface area contributed by atoms with E-state index >= 15 is 0 Å². The first-order valence-electron chi connectivity index (χ1n) is 10.0. The molecule has 1 aromatic carbocycles. The van der Waals surface area contributed by atoms with Gasteiger partial charge in [-0.1, -0.05) is 34.9 Å². The third-order valence-electron chi connectivity index (χ3n) is 4.32. The Balaban J connectivity index is 2.44. The number of hydrogen-bond donors (Lipinski definition) is 0. The molecule has 0 radical (unpaired) electrons. The molecule has 0 fully saturated rings. The Hall–Kier alpha value is -1.40. The van der Waals surface area contributed by atoms with Gasteiger partial charge in [0.15, 0.2) is 6.79 Å². The van der Waals surface area contributed by atoms with Crippen molar-refractivity contribution in [3.63, 3.8) is 0 Å². The van der Waals surface area contributed by atoms with Crippen molar-refractivity contribution in [2.24, 2.45) is 0 Å². The summed E-state index contributed by atoms with van der Waals surface area (Å²) in [5.74, 6) is 0.585. The van der Waals surface area contributed by atoms with Crippen LogP contribution in [0.15, 0.2) is 58.0 Å². The Bertz CT molecular complexity index is 691. The normalized spacial score (nSPS) is 12.3. The maximum Gasteiger partial charge on any atom is 0.181 e. The summed E-state index contributed by atoms with van der Waals surface area (Å²) in [4.78, 5) is 10.2. The fraction of sp³-hybridized carbons (Fsp3) is 0.500. The number of hydrogen-bond acceptors (Lipinski definition) is 4. The Morgan fingerprint density at radius 1 is 1.00 bits per heavy atom. The summed E-state index contributed by atoms with van der Waals surface area (Å²) in [5.41, 5.74) is 5.03. The van der Waals surface area contributed by atoms with Crippen molar-refractivity contribution in [3.8, 4) is 0 Å². The van der Waals surface area contributed by atoms with E-state index in [4.69, 9.17) is 4.74 Å². The Morgan fingerprint density at radius 2 is 1.69 bits per heavy atom. The minimum atomic E-state index is -0.265. The zero-order valence-electron chi connectivity index (χ0n) is 18.4. The summed E-state index contributed by atoms with van der Waals surface area (Å²) in [6.45, 7) is 8.96. The summed E-state index contributed by atoms with van der Waals surface area (Å²) in [7, 11) is 1.42. The van der Waals surface area contributed by atoms with Crippen LogP contribution in [0.2, 0.25) is 0 Å². The van der Waals surface area contributed by atoms with Gasteiger partial charge >= 0.3 is 0 Å². The molecule has 1 rings (SSSR count). The molecular formula is C24H35FO3S. The average Bonchev–Trinajstić information content (AvgIpc) is 2.66. The lowest BCUT2D eigenvalue weighted by Gasteiger charge is -2.09. The van der Waals surface area contributed by atoms with Crippen LogP contribution >= 0.6 is 11.8 Å². The van der Waals surface area contributed by atoms with Gasteiger partial charge in [0.2, 0.25) is 0 Å². The lowest BCUT2D eigenvalue weighted by Crippen LogP contribution is -2.01. The molecule has 29 heavy (non-hydrogen) atoms. The van der Waals surface area contributed by atoms with Gasteiger partial charge in [0, 0.05) is 10.6 Å². The van der Waals surface area contributed by atoms with Gasteiger partial charge in [-0.15, -0.1) is 11.8 Å². The zero-order valence-corrected chi connectivity index (χ0v) is 19.2. The number of halogens is 1. The third kappa shape index (κ3) is 12.7. The smallest absolute Gasteiger partial charge is 0.181 e. The van der Waals surface area contributed by atoms with Gasteiger partial charge in [0.05, 0.1) is 13.7 Å². The van der Waals surface area contributed by atoms with E-state index in [1.54, 1.807) is 17.8 Å². The van der Waals surface area contributed by atoms with Crippen LogP contribution in [0.3, 0.4) is 0 Å². The topological polar surface area (TPSA) is 27.7 Å². The highest BCUT2D eigenvalue weighted by molar-refractivity contribution is 7.99. The molecule has 1 aromatic rings. The molecule has 0 aliphatic rings. The van der Waals surface area contributed by atoms with Crippen LogP contribution in [0.1, 0.15) is 58.9 Å². The highest BCUT2D eigenvalue weighted by atomic mass is 32.2. The summed E-state index contributed by atoms with van der Waals surface area (Å²) in [6.07, 6.45) is 11.3. The van der Waals surface area contributed by atoms with Crippen molar-refractivity contribution < 1.29 is 18.9 Å². The molecule has 0 saturated heterocycles. The molecule has 3 nitrogen and oxygen atoms in total. The van der Waals surface area contributed by atoms with E-state index in [0.717, 1.165) is 41.9 Å². The fourth-order valence-corrected chi connectivity index (χ4v) is 3.66. The SMILES string of the molecule is COOCOCc1cc(F)ccc1SC/C=C(\C)CC/C=C(\C)CCC=C(C)C. The van der Waals surface area contributed by atoms with Gasteiger partial charge in [0.25, 0.3) is 0 Å². The largest absolute Gasteiger partial charge is 0.348 e. The van der Waals surface area contributed by atoms with Gasteiger partial charge in [-0.05, 0) is 77.1 Å². The third-order valence-corrected chi connectivity index (χ3v) is 5.37. The maximum atomic E-state index is 13.6. The highest BCUT2D eigenvalue weighted by Gasteiger charge is 2.05. The first-order chi connectivity index (χ1) is 13.9. The molecule has 0 amide bonds. The lowest BCUT2D eigenvalue weighted by atomic mass is 10.1. The second-order valence-corrected chi connectivity index (χ2v) is 8.34. The minimum Gasteiger partial charge on any atom is -0.348 e. The quantitative estimate of drug-likeness (QED) is 0.0780. The number of thioether (sulfide) groups is 1. The van der Waals surface area contributed by atoms with Crippen LogP contribution < -0.4 is 0 Å². The van der Waals surface area contributed by atoms with Gasteiger partial charge in [-0.3, -0.25) is 0 Å². The van der Waals surface area contributed by atoms with E-state index in [-0.39, 0.29) is 19.2 Å². The zero-order chi connectivity index (χ0) is 21.5. The molecule has 162 valence electrons. The van der Waals surface area contributed by atoms with Gasteiger partial charge in [-0.25, -0.2) is 14.2 Å². The maximum absolute atomic E-state index is 13.6. The number of allylic oxidation sites excluding steroid dienone is 5. The number of benzene rings is 1. The molecule has 0 saturated carbocycles. The van der Waals surface area contributed by atoms with Crippen molar-refractivity contribution in [2.45, 2.75) is 64.9 Å². The van der Waals surface area contributed by atoms with Crippen molar-refractivity contribution in [3.05, 3.63) is 64.5 Å². The fourth-order valence-electron chi connectivity index (χ4n) is 2.65. The number of ether oxygens (including phenoxy) is 1. The van der Waals surface area contributed by atoms with Crippen molar-refractivity contribution in [1.29, 1.82) is 0 Å². The van der Waals surface area contributed by atoms with E-state index in [9.17, 15) is 4.39 Å². The highest BCUT2D eigenvalue weighted by Crippen LogP contribution is 2.25. The van der Waals surface area contributed by atoms with E-state index in [1.165, 1.54) is 36.0 Å². The standard InChI is InChI=1S/C24H35FO3S/c1-19(2)8-6-9-20(3)10-7-11-21(4)14-15-29-24-13-12-23(25)16-22(24)17-27-18-28-26-5/h8,10,12-14,16H,6-7,9,11,15,17-18H2,1-5H3/b20-10+,21-14+. The van der Waals surface area contributed by atoms with Crippen LogP contribution in [0.4, 0.5) is 4.39 Å². The summed E-state index contributed by atoms with van der Waals surface area (Å²) in [5, 5.41) is 0. The molecule has 0 unspecified atom stereocenters. The Labute approximate surface area is 179 Å². The average molecular weight is 423 g/mol. The van der Waals surface area contributed by atoms with E-state index in [1.807, 2.05) is 0 Å². The van der Waals surface area contributed by atoms with Gasteiger partial charge in [0.1, 0.15) is 5.82 Å². The first-order valence-corrected chi connectivity index (χ1v) is 11.0. The number of rotatable bonds is 14. The molecule has 0 N–H and O–H groups in total. The van der Waals surface area contributed by atoms with Crippen LogP contribution in [-0.4, -0.2) is 19.7 Å². The van der Waals surface area contributed by atoms with Crippen molar-refractivity contribution in [1.82, 2.24) is 0 Å². The lowest BCUT2D eigenvalue weighted by molar-refractivity contribution is -0.320. The monoisotopic (exact) mass is 422 g/mol. The predicted molar refractivity (Wildman–Crippen MR) is 120 cm³/mol. The van der Waals surface area contributed by atoms with Crippen LogP contribution in [0, 0.1) is 5.82 Å². The second kappa shape index (κ2) is 15.4. The molecule has 5 heteroatoms. The molecule has 0 aromatic heterocycles. The molecular weight excluding hydrogens is 387 g/mol. The summed E-state index contributed by atoms with van der Waals surface area (Å²) < 4.78 is 18.9. The molecule has 0 atom stereocenters. The minimum absolute atomic E-state index is 0.0113. The van der Waals surface area contributed by atoms with Crippen LogP contribution in [0.25, 0.3) is 0 Å². The Kier molecular flexibility index (Phi) is 13.7. The molecule has 0 aliphatic heterocycles. The summed E-state index contributed by atoms with van der Waals surface area (Å²) >= 11 is 1.68. The van der Waals surface area contributed by atoms with Crippen molar-refractivity contribution >= 4 is 11.8 Å². The second-order valence-electron chi connectivity index (χ2n) is 7.27. The van der Waals surface area contributed by atoms with E-state index in [0.29, 0.717) is 0 Å². The van der Waals surface area contributed by atoms with Gasteiger partial charge < -0.3 is 4.74 Å². The molecule has 0 spiro atoms.